The molecule has 0 saturated carbocycles. The molecule has 1 N–H and O–H groups in total. The van der Waals surface area contributed by atoms with Gasteiger partial charge in [0.25, 0.3) is 0 Å². The number of nitrogens with zero attached hydrogens (tertiary/aromatic N) is 2. The number of hydrogen-bond acceptors (Lipinski definition) is 3. The lowest BCUT2D eigenvalue weighted by Crippen LogP contribution is -2.28. The number of rotatable bonds is 3. The van der Waals surface area contributed by atoms with E-state index in [2.05, 4.69) is 26.2 Å². The predicted octanol–water partition coefficient (Wildman–Crippen LogP) is 2.84. The van der Waals surface area contributed by atoms with Crippen LogP contribution < -0.4 is 10.2 Å². The zero-order chi connectivity index (χ0) is 15.5. The molecule has 22 heavy (non-hydrogen) atoms. The number of carbonyl (C=O) groups is 2. The minimum absolute atomic E-state index is 0.0323. The highest BCUT2D eigenvalue weighted by atomic mass is 79.9. The molecule has 112 valence electrons. The molecule has 1 aliphatic heterocycles. The van der Waals surface area contributed by atoms with Crippen LogP contribution >= 0.6 is 15.9 Å². The molecular weight excluding hydrogens is 346 g/mol. The Hall–Kier alpha value is -2.21. The molecule has 0 aliphatic carbocycles. The Bertz CT molecular complexity index is 688. The molecule has 2 amide bonds. The van der Waals surface area contributed by atoms with Crippen molar-refractivity contribution in [2.24, 2.45) is 5.92 Å². The molecule has 1 aliphatic rings. The minimum Gasteiger partial charge on any atom is -0.312 e. The molecule has 1 aromatic heterocycles. The summed E-state index contributed by atoms with van der Waals surface area (Å²) >= 11 is 3.29. The molecular formula is C16H14BrN3O2. The van der Waals surface area contributed by atoms with E-state index in [4.69, 9.17) is 0 Å². The Morgan fingerprint density at radius 3 is 2.68 bits per heavy atom. The number of pyridine rings is 1. The quantitative estimate of drug-likeness (QED) is 0.916. The third-order valence-corrected chi connectivity index (χ3v) is 4.01. The SMILES string of the molecule is O=C(Nc1ccc(Br)cn1)[C@H]1CC(=O)N(c2ccccc2)C1. The van der Waals surface area contributed by atoms with Crippen LogP contribution in [-0.2, 0) is 9.59 Å². The molecule has 0 unspecified atom stereocenters. The number of hydrogen-bond donors (Lipinski definition) is 1. The summed E-state index contributed by atoms with van der Waals surface area (Å²) in [5.41, 5.74) is 0.824. The average molecular weight is 360 g/mol. The monoisotopic (exact) mass is 359 g/mol. The molecule has 1 fully saturated rings. The van der Waals surface area contributed by atoms with Gasteiger partial charge in [0, 0.05) is 29.3 Å². The number of halogens is 1. The van der Waals surface area contributed by atoms with Crippen LogP contribution in [0.15, 0.2) is 53.1 Å². The van der Waals surface area contributed by atoms with Crippen LogP contribution in [0.3, 0.4) is 0 Å². The maximum atomic E-state index is 12.3. The Balaban J connectivity index is 1.67. The first-order valence-electron chi connectivity index (χ1n) is 6.91. The van der Waals surface area contributed by atoms with Crippen LogP contribution in [0.25, 0.3) is 0 Å². The highest BCUT2D eigenvalue weighted by Gasteiger charge is 2.35. The summed E-state index contributed by atoms with van der Waals surface area (Å²) in [7, 11) is 0. The Labute approximate surface area is 136 Å². The summed E-state index contributed by atoms with van der Waals surface area (Å²) in [5, 5.41) is 2.75. The highest BCUT2D eigenvalue weighted by molar-refractivity contribution is 9.10. The second-order valence-electron chi connectivity index (χ2n) is 5.09. The van der Waals surface area contributed by atoms with Gasteiger partial charge in [-0.3, -0.25) is 9.59 Å². The fourth-order valence-corrected chi connectivity index (χ4v) is 2.65. The fourth-order valence-electron chi connectivity index (χ4n) is 2.42. The number of aromatic nitrogens is 1. The third kappa shape index (κ3) is 3.17. The van der Waals surface area contributed by atoms with Crippen molar-refractivity contribution in [3.63, 3.8) is 0 Å². The number of para-hydroxylation sites is 1. The van der Waals surface area contributed by atoms with Crippen LogP contribution in [0, 0.1) is 5.92 Å². The number of amides is 2. The topological polar surface area (TPSA) is 62.3 Å². The number of benzene rings is 1. The molecule has 1 saturated heterocycles. The normalized spacial score (nSPS) is 17.6. The zero-order valence-electron chi connectivity index (χ0n) is 11.7. The fraction of sp³-hybridized carbons (Fsp3) is 0.188. The standard InChI is InChI=1S/C16H14BrN3O2/c17-12-6-7-14(18-9-12)19-16(22)11-8-15(21)20(10-11)13-4-2-1-3-5-13/h1-7,9,11H,8,10H2,(H,18,19,22)/t11-/m0/s1. The van der Waals surface area contributed by atoms with Gasteiger partial charge < -0.3 is 10.2 Å². The minimum atomic E-state index is -0.363. The molecule has 3 rings (SSSR count). The van der Waals surface area contributed by atoms with Crippen molar-refractivity contribution < 1.29 is 9.59 Å². The van der Waals surface area contributed by atoms with Crippen molar-refractivity contribution in [3.8, 4) is 0 Å². The number of carbonyl (C=O) groups excluding carboxylic acids is 2. The first-order valence-corrected chi connectivity index (χ1v) is 7.70. The molecule has 6 heteroatoms. The summed E-state index contributed by atoms with van der Waals surface area (Å²) in [5.74, 6) is -0.0892. The molecule has 0 bridgehead atoms. The van der Waals surface area contributed by atoms with E-state index < -0.39 is 0 Å². The van der Waals surface area contributed by atoms with Crippen molar-refractivity contribution in [2.75, 3.05) is 16.8 Å². The number of nitrogens with one attached hydrogen (secondary N) is 1. The lowest BCUT2D eigenvalue weighted by atomic mass is 10.1. The van der Waals surface area contributed by atoms with Crippen LogP contribution in [0.5, 0.6) is 0 Å². The molecule has 5 nitrogen and oxygen atoms in total. The van der Waals surface area contributed by atoms with Crippen LogP contribution in [0.4, 0.5) is 11.5 Å². The van der Waals surface area contributed by atoms with Crippen molar-refractivity contribution >= 4 is 39.2 Å². The summed E-state index contributed by atoms with van der Waals surface area (Å²) in [6.45, 7) is 0.394. The van der Waals surface area contributed by atoms with Crippen LogP contribution in [0.2, 0.25) is 0 Å². The van der Waals surface area contributed by atoms with Gasteiger partial charge in [0.2, 0.25) is 11.8 Å². The van der Waals surface area contributed by atoms with Gasteiger partial charge >= 0.3 is 0 Å². The first kappa shape index (κ1) is 14.7. The van der Waals surface area contributed by atoms with E-state index in [1.54, 1.807) is 23.2 Å². The van der Waals surface area contributed by atoms with Gasteiger partial charge in [0.15, 0.2) is 0 Å². The van der Waals surface area contributed by atoms with Gasteiger partial charge in [0.05, 0.1) is 5.92 Å². The predicted molar refractivity (Wildman–Crippen MR) is 87.5 cm³/mol. The second-order valence-corrected chi connectivity index (χ2v) is 6.01. The lowest BCUT2D eigenvalue weighted by Gasteiger charge is -2.16. The summed E-state index contributed by atoms with van der Waals surface area (Å²) in [6.07, 6.45) is 1.84. The Kier molecular flexibility index (Phi) is 4.20. The average Bonchev–Trinajstić information content (AvgIpc) is 2.92. The van der Waals surface area contributed by atoms with Crippen molar-refractivity contribution in [1.82, 2.24) is 4.98 Å². The van der Waals surface area contributed by atoms with E-state index in [1.807, 2.05) is 30.3 Å². The first-order chi connectivity index (χ1) is 10.6. The second kappa shape index (κ2) is 6.27. The lowest BCUT2D eigenvalue weighted by molar-refractivity contribution is -0.122. The van der Waals surface area contributed by atoms with Gasteiger partial charge in [-0.05, 0) is 40.2 Å². The maximum absolute atomic E-state index is 12.3. The molecule has 2 heterocycles. The third-order valence-electron chi connectivity index (χ3n) is 3.54. The zero-order valence-corrected chi connectivity index (χ0v) is 13.3. The molecule has 1 aromatic carbocycles. The Morgan fingerprint density at radius 1 is 1.23 bits per heavy atom. The van der Waals surface area contributed by atoms with Gasteiger partial charge in [-0.25, -0.2) is 4.98 Å². The molecule has 0 spiro atoms. The van der Waals surface area contributed by atoms with Crippen LogP contribution in [0.1, 0.15) is 6.42 Å². The smallest absolute Gasteiger partial charge is 0.230 e. The van der Waals surface area contributed by atoms with Crippen molar-refractivity contribution in [2.45, 2.75) is 6.42 Å². The molecule has 2 aromatic rings. The van der Waals surface area contributed by atoms with E-state index in [0.717, 1.165) is 10.2 Å². The van der Waals surface area contributed by atoms with E-state index in [0.29, 0.717) is 12.4 Å². The largest absolute Gasteiger partial charge is 0.312 e. The van der Waals surface area contributed by atoms with Crippen molar-refractivity contribution in [3.05, 3.63) is 53.1 Å². The molecule has 0 radical (unpaired) electrons. The van der Waals surface area contributed by atoms with E-state index in [-0.39, 0.29) is 24.2 Å². The van der Waals surface area contributed by atoms with Gasteiger partial charge in [-0.2, -0.15) is 0 Å². The summed E-state index contributed by atoms with van der Waals surface area (Å²) < 4.78 is 0.844. The van der Waals surface area contributed by atoms with E-state index in [9.17, 15) is 9.59 Å². The summed E-state index contributed by atoms with van der Waals surface area (Å²) in [6, 6.07) is 12.9. The van der Waals surface area contributed by atoms with E-state index >= 15 is 0 Å². The maximum Gasteiger partial charge on any atom is 0.230 e. The molecule has 1 atom stereocenters. The van der Waals surface area contributed by atoms with E-state index in [1.165, 1.54) is 0 Å². The van der Waals surface area contributed by atoms with Gasteiger partial charge in [-0.1, -0.05) is 18.2 Å². The van der Waals surface area contributed by atoms with Gasteiger partial charge in [0.1, 0.15) is 5.82 Å². The Morgan fingerprint density at radius 2 is 2.00 bits per heavy atom. The van der Waals surface area contributed by atoms with Crippen LogP contribution in [-0.4, -0.2) is 23.3 Å². The van der Waals surface area contributed by atoms with Gasteiger partial charge in [-0.15, -0.1) is 0 Å². The van der Waals surface area contributed by atoms with Crippen molar-refractivity contribution in [1.29, 1.82) is 0 Å². The number of anilines is 2. The summed E-state index contributed by atoms with van der Waals surface area (Å²) in [4.78, 5) is 30.2. The highest BCUT2D eigenvalue weighted by Crippen LogP contribution is 2.25.